The fourth-order valence-electron chi connectivity index (χ4n) is 4.53. The smallest absolute Gasteiger partial charge is 0.404 e. The topological polar surface area (TPSA) is 44.5 Å². The molecule has 1 saturated heterocycles. The van der Waals surface area contributed by atoms with Gasteiger partial charge in [-0.3, -0.25) is 0 Å². The molecule has 2 N–H and O–H groups in total. The van der Waals surface area contributed by atoms with E-state index in [1.165, 1.54) is 6.42 Å². The Labute approximate surface area is 137 Å². The Balaban J connectivity index is 0.00000147. The number of hydrogen-bond donors (Lipinski definition) is 1. The highest BCUT2D eigenvalue weighted by Gasteiger charge is 2.68. The molecule has 4 aliphatic rings. The minimum atomic E-state index is -0.204. The average Bonchev–Trinajstić information content (AvgIpc) is 2.72. The number of halogens is 2. The van der Waals surface area contributed by atoms with E-state index in [9.17, 15) is 0 Å². The average molecular weight is 367 g/mol. The zero-order chi connectivity index (χ0) is 13.8. The zero-order valence-corrected chi connectivity index (χ0v) is 15.0. The van der Waals surface area contributed by atoms with Crippen LogP contribution < -0.4 is 5.73 Å². The molecule has 5 atom stereocenters. The van der Waals surface area contributed by atoms with Gasteiger partial charge in [0.15, 0.2) is 0 Å². The van der Waals surface area contributed by atoms with Gasteiger partial charge in [0.2, 0.25) is 0 Å². The van der Waals surface area contributed by atoms with Crippen molar-refractivity contribution in [3.05, 3.63) is 0 Å². The van der Waals surface area contributed by atoms with E-state index in [1.807, 2.05) is 0 Å². The van der Waals surface area contributed by atoms with Crippen LogP contribution in [0, 0.1) is 17.3 Å². The van der Waals surface area contributed by atoms with Crippen LogP contribution >= 0.6 is 28.3 Å². The standard InChI is InChI=1S/C14H25BBrNO2.ClH/c1-13(2)9-7-10(13)14(3)11(8-9)18-15(19-14)12(17)5-4-6-16;/h9-12H,4-8,17H2,1-3H3;1H/t9?,10?,11?,12?,14-;/m0./s1. The molecule has 4 rings (SSSR count). The summed E-state index contributed by atoms with van der Waals surface area (Å²) in [7, 11) is -0.204. The maximum absolute atomic E-state index is 6.33. The van der Waals surface area contributed by atoms with Gasteiger partial charge in [-0.25, -0.2) is 0 Å². The largest absolute Gasteiger partial charge is 0.475 e. The van der Waals surface area contributed by atoms with Crippen LogP contribution in [0.2, 0.25) is 0 Å². The minimum Gasteiger partial charge on any atom is -0.404 e. The Morgan fingerprint density at radius 2 is 2.05 bits per heavy atom. The minimum absolute atomic E-state index is 0. The molecule has 0 radical (unpaired) electrons. The Kier molecular flexibility index (Phi) is 4.89. The van der Waals surface area contributed by atoms with E-state index in [1.54, 1.807) is 0 Å². The van der Waals surface area contributed by atoms with Crippen molar-refractivity contribution in [2.24, 2.45) is 23.0 Å². The first-order valence-corrected chi connectivity index (χ1v) is 8.66. The Morgan fingerprint density at radius 3 is 2.65 bits per heavy atom. The van der Waals surface area contributed by atoms with E-state index >= 15 is 0 Å². The summed E-state index contributed by atoms with van der Waals surface area (Å²) in [5, 5.41) is 0.992. The second-order valence-electron chi connectivity index (χ2n) is 7.33. The third-order valence-corrected chi connectivity index (χ3v) is 6.55. The molecule has 2 bridgehead atoms. The Hall–Kier alpha value is 0.715. The van der Waals surface area contributed by atoms with E-state index in [-0.39, 0.29) is 37.2 Å². The van der Waals surface area contributed by atoms with Crippen LogP contribution in [-0.4, -0.2) is 30.1 Å². The summed E-state index contributed by atoms with van der Waals surface area (Å²) in [5.41, 5.74) is 6.52. The SMILES string of the molecule is CC1(C)C2CC3OB(C(N)CCCBr)O[C@@]3(C)C1C2.Cl. The summed E-state index contributed by atoms with van der Waals surface area (Å²) < 4.78 is 12.5. The van der Waals surface area contributed by atoms with E-state index in [0.29, 0.717) is 11.3 Å². The number of rotatable bonds is 4. The molecular weight excluding hydrogens is 340 g/mol. The lowest BCUT2D eigenvalue weighted by molar-refractivity contribution is -0.199. The third-order valence-electron chi connectivity index (χ3n) is 5.99. The van der Waals surface area contributed by atoms with Crippen molar-refractivity contribution >= 4 is 35.5 Å². The predicted octanol–water partition coefficient (Wildman–Crippen LogP) is 3.18. The fraction of sp³-hybridized carbons (Fsp3) is 1.00. The van der Waals surface area contributed by atoms with E-state index < -0.39 is 0 Å². The summed E-state index contributed by atoms with van der Waals surface area (Å²) >= 11 is 3.45. The van der Waals surface area contributed by atoms with Crippen LogP contribution in [0.3, 0.4) is 0 Å². The number of alkyl halides is 1. The highest BCUT2D eigenvalue weighted by molar-refractivity contribution is 9.09. The molecule has 0 aromatic heterocycles. The third kappa shape index (κ3) is 2.38. The molecule has 3 saturated carbocycles. The molecule has 0 amide bonds. The zero-order valence-electron chi connectivity index (χ0n) is 12.6. The van der Waals surface area contributed by atoms with Gasteiger partial charge in [-0.1, -0.05) is 29.8 Å². The van der Waals surface area contributed by atoms with Crippen molar-refractivity contribution in [1.29, 1.82) is 0 Å². The monoisotopic (exact) mass is 365 g/mol. The Morgan fingerprint density at radius 1 is 1.35 bits per heavy atom. The molecule has 3 nitrogen and oxygen atoms in total. The summed E-state index contributed by atoms with van der Waals surface area (Å²) in [6.45, 7) is 7.01. The van der Waals surface area contributed by atoms with Crippen LogP contribution in [-0.2, 0) is 9.31 Å². The molecule has 20 heavy (non-hydrogen) atoms. The van der Waals surface area contributed by atoms with Gasteiger partial charge in [0.05, 0.1) is 11.7 Å². The van der Waals surface area contributed by atoms with Gasteiger partial charge in [-0.15, -0.1) is 12.4 Å². The van der Waals surface area contributed by atoms with Gasteiger partial charge in [0, 0.05) is 11.3 Å². The van der Waals surface area contributed by atoms with Gasteiger partial charge < -0.3 is 15.0 Å². The van der Waals surface area contributed by atoms with E-state index in [0.717, 1.165) is 30.5 Å². The lowest BCUT2D eigenvalue weighted by Gasteiger charge is -2.64. The molecule has 3 aliphatic carbocycles. The second-order valence-corrected chi connectivity index (χ2v) is 8.13. The van der Waals surface area contributed by atoms with Gasteiger partial charge in [0.25, 0.3) is 0 Å². The van der Waals surface area contributed by atoms with Gasteiger partial charge in [-0.2, -0.15) is 0 Å². The maximum Gasteiger partial charge on any atom is 0.475 e. The molecular formula is C14H26BBrClNO2. The fourth-order valence-corrected chi connectivity index (χ4v) is 4.86. The lowest BCUT2D eigenvalue weighted by Crippen LogP contribution is -2.65. The molecule has 0 spiro atoms. The van der Waals surface area contributed by atoms with Crippen molar-refractivity contribution in [3.63, 3.8) is 0 Å². The van der Waals surface area contributed by atoms with Crippen LogP contribution in [0.25, 0.3) is 0 Å². The van der Waals surface area contributed by atoms with Gasteiger partial charge in [-0.05, 0) is 49.9 Å². The molecule has 0 aromatic rings. The predicted molar refractivity (Wildman–Crippen MR) is 88.4 cm³/mol. The van der Waals surface area contributed by atoms with Crippen LogP contribution in [0.4, 0.5) is 0 Å². The molecule has 1 heterocycles. The molecule has 1 aliphatic heterocycles. The maximum atomic E-state index is 6.33. The molecule has 6 heteroatoms. The quantitative estimate of drug-likeness (QED) is 0.614. The van der Waals surface area contributed by atoms with Crippen LogP contribution in [0.5, 0.6) is 0 Å². The van der Waals surface area contributed by atoms with Crippen LogP contribution in [0.1, 0.15) is 46.5 Å². The van der Waals surface area contributed by atoms with E-state index in [2.05, 4.69) is 36.7 Å². The summed E-state index contributed by atoms with van der Waals surface area (Å²) in [5.74, 6) is 1.43. The normalized spacial score (nSPS) is 42.5. The first kappa shape index (κ1) is 17.1. The molecule has 0 aromatic carbocycles. The van der Waals surface area contributed by atoms with Crippen molar-refractivity contribution < 1.29 is 9.31 Å². The van der Waals surface area contributed by atoms with Gasteiger partial charge in [0.1, 0.15) is 0 Å². The summed E-state index contributed by atoms with van der Waals surface area (Å²) in [6.07, 6.45) is 4.72. The van der Waals surface area contributed by atoms with Crippen molar-refractivity contribution in [3.8, 4) is 0 Å². The van der Waals surface area contributed by atoms with E-state index in [4.69, 9.17) is 15.0 Å². The van der Waals surface area contributed by atoms with Crippen molar-refractivity contribution in [1.82, 2.24) is 0 Å². The highest BCUT2D eigenvalue weighted by atomic mass is 79.9. The summed E-state index contributed by atoms with van der Waals surface area (Å²) in [6, 6.07) is 0. The molecule has 116 valence electrons. The lowest BCUT2D eigenvalue weighted by atomic mass is 9.43. The first-order valence-electron chi connectivity index (χ1n) is 7.54. The molecule has 4 unspecified atom stereocenters. The first-order chi connectivity index (χ1) is 8.89. The van der Waals surface area contributed by atoms with Crippen molar-refractivity contribution in [2.45, 2.75) is 64.1 Å². The number of nitrogens with two attached hydrogens (primary N) is 1. The van der Waals surface area contributed by atoms with Crippen LogP contribution in [0.15, 0.2) is 0 Å². The van der Waals surface area contributed by atoms with Crippen molar-refractivity contribution in [2.75, 3.05) is 5.33 Å². The number of hydrogen-bond acceptors (Lipinski definition) is 3. The molecule has 4 fully saturated rings. The summed E-state index contributed by atoms with van der Waals surface area (Å²) in [4.78, 5) is 0. The highest BCUT2D eigenvalue weighted by Crippen LogP contribution is 2.65. The Bertz CT molecular complexity index is 373. The van der Waals surface area contributed by atoms with Gasteiger partial charge >= 0.3 is 7.12 Å². The second kappa shape index (κ2) is 5.73.